The van der Waals surface area contributed by atoms with Crippen molar-refractivity contribution < 1.29 is 14.6 Å². The first-order valence-corrected chi connectivity index (χ1v) is 7.78. The molecular formula is C15H31NO3. The van der Waals surface area contributed by atoms with Crippen molar-refractivity contribution in [1.29, 1.82) is 0 Å². The second-order valence-electron chi connectivity index (χ2n) is 5.61. The van der Waals surface area contributed by atoms with Gasteiger partial charge in [-0.1, -0.05) is 26.2 Å². The Labute approximate surface area is 117 Å². The van der Waals surface area contributed by atoms with Gasteiger partial charge in [-0.3, -0.25) is 0 Å². The van der Waals surface area contributed by atoms with Crippen molar-refractivity contribution in [2.45, 2.75) is 45.6 Å². The van der Waals surface area contributed by atoms with Gasteiger partial charge in [-0.2, -0.15) is 0 Å². The standard InChI is InChI=1S/C15H31NO3/c1-3-18-8-9-19-12-15(17)11-16-10-14-7-5-4-6-13(14)2/h13-17H,3-12H2,1-2H3. The maximum atomic E-state index is 9.77. The van der Waals surface area contributed by atoms with E-state index in [0.29, 0.717) is 33.0 Å². The first-order chi connectivity index (χ1) is 9.24. The molecule has 2 N–H and O–H groups in total. The zero-order chi connectivity index (χ0) is 13.9. The number of ether oxygens (including phenoxy) is 2. The fourth-order valence-corrected chi connectivity index (χ4v) is 2.67. The molecular weight excluding hydrogens is 242 g/mol. The molecule has 0 saturated heterocycles. The summed E-state index contributed by atoms with van der Waals surface area (Å²) < 4.78 is 10.5. The van der Waals surface area contributed by atoms with Crippen LogP contribution in [0.4, 0.5) is 0 Å². The first-order valence-electron chi connectivity index (χ1n) is 7.78. The predicted molar refractivity (Wildman–Crippen MR) is 77.3 cm³/mol. The van der Waals surface area contributed by atoms with Gasteiger partial charge in [-0.05, 0) is 31.7 Å². The van der Waals surface area contributed by atoms with E-state index < -0.39 is 6.10 Å². The van der Waals surface area contributed by atoms with Crippen molar-refractivity contribution >= 4 is 0 Å². The van der Waals surface area contributed by atoms with Gasteiger partial charge in [0, 0.05) is 13.2 Å². The summed E-state index contributed by atoms with van der Waals surface area (Å²) in [5.74, 6) is 1.60. The Morgan fingerprint density at radius 3 is 2.68 bits per heavy atom. The molecule has 0 aromatic heterocycles. The van der Waals surface area contributed by atoms with Crippen molar-refractivity contribution in [3.63, 3.8) is 0 Å². The van der Waals surface area contributed by atoms with Crippen LogP contribution in [0.3, 0.4) is 0 Å². The Bertz CT molecular complexity index is 214. The molecule has 0 heterocycles. The van der Waals surface area contributed by atoms with Crippen molar-refractivity contribution in [2.75, 3.05) is 39.5 Å². The Hall–Kier alpha value is -0.160. The lowest BCUT2D eigenvalue weighted by Crippen LogP contribution is -2.36. The van der Waals surface area contributed by atoms with Gasteiger partial charge in [0.2, 0.25) is 0 Å². The fraction of sp³-hybridized carbons (Fsp3) is 1.00. The summed E-state index contributed by atoms with van der Waals surface area (Å²) in [7, 11) is 0. The average molecular weight is 273 g/mol. The molecule has 114 valence electrons. The van der Waals surface area contributed by atoms with Gasteiger partial charge >= 0.3 is 0 Å². The molecule has 1 rings (SSSR count). The molecule has 1 saturated carbocycles. The summed E-state index contributed by atoms with van der Waals surface area (Å²) in [6.07, 6.45) is 5.01. The zero-order valence-electron chi connectivity index (χ0n) is 12.6. The van der Waals surface area contributed by atoms with E-state index in [0.717, 1.165) is 18.4 Å². The van der Waals surface area contributed by atoms with Crippen LogP contribution in [0.2, 0.25) is 0 Å². The molecule has 0 amide bonds. The largest absolute Gasteiger partial charge is 0.389 e. The molecule has 0 spiro atoms. The molecule has 4 nitrogen and oxygen atoms in total. The minimum absolute atomic E-state index is 0.389. The van der Waals surface area contributed by atoms with Gasteiger partial charge in [-0.25, -0.2) is 0 Å². The van der Waals surface area contributed by atoms with E-state index >= 15 is 0 Å². The van der Waals surface area contributed by atoms with Gasteiger partial charge in [-0.15, -0.1) is 0 Å². The van der Waals surface area contributed by atoms with Crippen LogP contribution < -0.4 is 5.32 Å². The third-order valence-corrected chi connectivity index (χ3v) is 3.96. The van der Waals surface area contributed by atoms with Crippen LogP contribution in [-0.4, -0.2) is 50.7 Å². The van der Waals surface area contributed by atoms with Crippen molar-refractivity contribution in [1.82, 2.24) is 5.32 Å². The molecule has 1 aliphatic rings. The molecule has 1 aliphatic carbocycles. The second kappa shape index (κ2) is 10.6. The van der Waals surface area contributed by atoms with Crippen molar-refractivity contribution in [2.24, 2.45) is 11.8 Å². The Morgan fingerprint density at radius 1 is 1.21 bits per heavy atom. The van der Waals surface area contributed by atoms with Crippen LogP contribution in [0.1, 0.15) is 39.5 Å². The van der Waals surface area contributed by atoms with Crippen molar-refractivity contribution in [3.05, 3.63) is 0 Å². The molecule has 0 aliphatic heterocycles. The monoisotopic (exact) mass is 273 g/mol. The van der Waals surface area contributed by atoms with Gasteiger partial charge < -0.3 is 19.9 Å². The van der Waals surface area contributed by atoms with E-state index in [2.05, 4.69) is 12.2 Å². The van der Waals surface area contributed by atoms with Gasteiger partial charge in [0.05, 0.1) is 25.9 Å². The topological polar surface area (TPSA) is 50.7 Å². The van der Waals surface area contributed by atoms with E-state index in [1.807, 2.05) is 6.92 Å². The number of aliphatic hydroxyl groups excluding tert-OH is 1. The van der Waals surface area contributed by atoms with Gasteiger partial charge in [0.1, 0.15) is 0 Å². The number of nitrogens with one attached hydrogen (secondary N) is 1. The third-order valence-electron chi connectivity index (χ3n) is 3.96. The van der Waals surface area contributed by atoms with Crippen LogP contribution in [0.15, 0.2) is 0 Å². The highest BCUT2D eigenvalue weighted by Crippen LogP contribution is 2.28. The van der Waals surface area contributed by atoms with E-state index in [4.69, 9.17) is 9.47 Å². The highest BCUT2D eigenvalue weighted by atomic mass is 16.5. The highest BCUT2D eigenvalue weighted by Gasteiger charge is 2.20. The smallest absolute Gasteiger partial charge is 0.0897 e. The Morgan fingerprint density at radius 2 is 1.95 bits per heavy atom. The van der Waals surface area contributed by atoms with Crippen LogP contribution in [0.5, 0.6) is 0 Å². The maximum absolute atomic E-state index is 9.77. The quantitative estimate of drug-likeness (QED) is 0.596. The van der Waals surface area contributed by atoms with E-state index in [-0.39, 0.29) is 0 Å². The third kappa shape index (κ3) is 7.88. The highest BCUT2D eigenvalue weighted by molar-refractivity contribution is 4.74. The van der Waals surface area contributed by atoms with Crippen molar-refractivity contribution in [3.8, 4) is 0 Å². The second-order valence-corrected chi connectivity index (χ2v) is 5.61. The van der Waals surface area contributed by atoms with Gasteiger partial charge in [0.15, 0.2) is 0 Å². The summed E-state index contributed by atoms with van der Waals surface area (Å²) in [4.78, 5) is 0. The van der Waals surface area contributed by atoms with Crippen LogP contribution in [-0.2, 0) is 9.47 Å². The molecule has 4 heteroatoms. The fourth-order valence-electron chi connectivity index (χ4n) is 2.67. The van der Waals surface area contributed by atoms with Gasteiger partial charge in [0.25, 0.3) is 0 Å². The molecule has 1 fully saturated rings. The Kier molecular flexibility index (Phi) is 9.43. The summed E-state index contributed by atoms with van der Waals surface area (Å²) in [5, 5.41) is 13.1. The summed E-state index contributed by atoms with van der Waals surface area (Å²) in [6, 6.07) is 0. The van der Waals surface area contributed by atoms with Crippen LogP contribution in [0, 0.1) is 11.8 Å². The number of rotatable bonds is 10. The molecule has 3 atom stereocenters. The molecule has 19 heavy (non-hydrogen) atoms. The number of aliphatic hydroxyl groups is 1. The summed E-state index contributed by atoms with van der Waals surface area (Å²) in [6.45, 7) is 8.23. The Balaban J connectivity index is 1.95. The SMILES string of the molecule is CCOCCOCC(O)CNCC1CCCCC1C. The van der Waals surface area contributed by atoms with Crippen LogP contribution in [0.25, 0.3) is 0 Å². The minimum atomic E-state index is -0.416. The van der Waals surface area contributed by atoms with E-state index in [9.17, 15) is 5.11 Å². The normalized spacial score (nSPS) is 25.4. The lowest BCUT2D eigenvalue weighted by Gasteiger charge is -2.29. The predicted octanol–water partition coefficient (Wildman–Crippen LogP) is 1.82. The molecule has 3 unspecified atom stereocenters. The molecule has 0 aromatic rings. The maximum Gasteiger partial charge on any atom is 0.0897 e. The zero-order valence-corrected chi connectivity index (χ0v) is 12.6. The lowest BCUT2D eigenvalue weighted by atomic mass is 9.80. The molecule has 0 bridgehead atoms. The van der Waals surface area contributed by atoms with E-state index in [1.54, 1.807) is 0 Å². The van der Waals surface area contributed by atoms with E-state index in [1.165, 1.54) is 25.7 Å². The average Bonchev–Trinajstić information content (AvgIpc) is 2.41. The summed E-state index contributed by atoms with van der Waals surface area (Å²) >= 11 is 0. The molecule has 0 aromatic carbocycles. The number of hydrogen-bond acceptors (Lipinski definition) is 4. The minimum Gasteiger partial charge on any atom is -0.389 e. The number of hydrogen-bond donors (Lipinski definition) is 2. The summed E-state index contributed by atoms with van der Waals surface area (Å²) in [5.41, 5.74) is 0. The first kappa shape index (κ1) is 16.9. The lowest BCUT2D eigenvalue weighted by molar-refractivity contribution is 0.00601. The molecule has 0 radical (unpaired) electrons. The van der Waals surface area contributed by atoms with Crippen LogP contribution >= 0.6 is 0 Å².